The highest BCUT2D eigenvalue weighted by atomic mass is 127. The smallest absolute Gasteiger partial charge is 0.191 e. The third kappa shape index (κ3) is 6.84. The quantitative estimate of drug-likeness (QED) is 0.293. The van der Waals surface area contributed by atoms with Gasteiger partial charge in [-0.15, -0.1) is 24.0 Å². The Balaban J connectivity index is 0.00000288. The van der Waals surface area contributed by atoms with Crippen LogP contribution in [-0.2, 0) is 11.3 Å². The SMILES string of the molecule is CCCCCNC(=NC)NCc1ccccc1N1CCOCC1.I. The van der Waals surface area contributed by atoms with E-state index in [1.807, 2.05) is 7.05 Å². The first kappa shape index (κ1) is 21.0. The molecule has 0 bridgehead atoms. The van der Waals surface area contributed by atoms with E-state index >= 15 is 0 Å². The first-order valence-corrected chi connectivity index (χ1v) is 8.70. The predicted octanol–water partition coefficient (Wildman–Crippen LogP) is 3.00. The van der Waals surface area contributed by atoms with Gasteiger partial charge in [-0.1, -0.05) is 38.0 Å². The van der Waals surface area contributed by atoms with Crippen molar-refractivity contribution in [1.82, 2.24) is 10.6 Å². The Bertz CT molecular complexity index is 490. The Morgan fingerprint density at radius 3 is 2.62 bits per heavy atom. The van der Waals surface area contributed by atoms with Crippen LogP contribution in [0.15, 0.2) is 29.3 Å². The van der Waals surface area contributed by atoms with Crippen molar-refractivity contribution < 1.29 is 4.74 Å². The van der Waals surface area contributed by atoms with Crippen LogP contribution >= 0.6 is 24.0 Å². The number of hydrogen-bond donors (Lipinski definition) is 2. The van der Waals surface area contributed by atoms with Gasteiger partial charge in [0.05, 0.1) is 13.2 Å². The van der Waals surface area contributed by atoms with Gasteiger partial charge < -0.3 is 20.3 Å². The molecule has 0 radical (unpaired) electrons. The summed E-state index contributed by atoms with van der Waals surface area (Å²) in [4.78, 5) is 6.70. The lowest BCUT2D eigenvalue weighted by Crippen LogP contribution is -2.39. The molecule has 1 heterocycles. The van der Waals surface area contributed by atoms with E-state index in [1.54, 1.807) is 0 Å². The van der Waals surface area contributed by atoms with Gasteiger partial charge >= 0.3 is 0 Å². The molecule has 5 nitrogen and oxygen atoms in total. The molecule has 0 spiro atoms. The predicted molar refractivity (Wildman–Crippen MR) is 113 cm³/mol. The first-order chi connectivity index (χ1) is 11.3. The van der Waals surface area contributed by atoms with E-state index in [2.05, 4.69) is 51.7 Å². The molecule has 0 atom stereocenters. The fraction of sp³-hybridized carbons (Fsp3) is 0.611. The Labute approximate surface area is 163 Å². The molecular weight excluding hydrogens is 415 g/mol. The molecule has 6 heteroatoms. The van der Waals surface area contributed by atoms with Crippen molar-refractivity contribution in [3.63, 3.8) is 0 Å². The summed E-state index contributed by atoms with van der Waals surface area (Å²) in [5, 5.41) is 6.80. The van der Waals surface area contributed by atoms with E-state index < -0.39 is 0 Å². The second-order valence-electron chi connectivity index (χ2n) is 5.79. The molecule has 136 valence electrons. The fourth-order valence-electron chi connectivity index (χ4n) is 2.75. The molecule has 0 unspecified atom stereocenters. The standard InChI is InChI=1S/C18H30N4O.HI/c1-3-4-7-10-20-18(19-2)21-15-16-8-5-6-9-17(16)22-11-13-23-14-12-22;/h5-6,8-9H,3-4,7,10-15H2,1-2H3,(H2,19,20,21);1H. The Morgan fingerprint density at radius 1 is 1.17 bits per heavy atom. The molecule has 1 saturated heterocycles. The molecule has 2 rings (SSSR count). The molecule has 0 aliphatic carbocycles. The zero-order valence-corrected chi connectivity index (χ0v) is 17.2. The highest BCUT2D eigenvalue weighted by Gasteiger charge is 2.14. The minimum Gasteiger partial charge on any atom is -0.378 e. The number of hydrogen-bond acceptors (Lipinski definition) is 3. The van der Waals surface area contributed by atoms with Crippen LogP contribution < -0.4 is 15.5 Å². The van der Waals surface area contributed by atoms with Gasteiger partial charge in [0, 0.05) is 38.9 Å². The second kappa shape index (κ2) is 12.4. The van der Waals surface area contributed by atoms with E-state index in [4.69, 9.17) is 4.74 Å². The highest BCUT2D eigenvalue weighted by Crippen LogP contribution is 2.21. The molecular formula is C18H31IN4O. The van der Waals surface area contributed by atoms with Crippen molar-refractivity contribution in [3.05, 3.63) is 29.8 Å². The van der Waals surface area contributed by atoms with Gasteiger partial charge in [-0.05, 0) is 18.1 Å². The number of unbranched alkanes of at least 4 members (excludes halogenated alkanes) is 2. The number of anilines is 1. The van der Waals surface area contributed by atoms with Crippen LogP contribution in [0.2, 0.25) is 0 Å². The first-order valence-electron chi connectivity index (χ1n) is 8.70. The zero-order chi connectivity index (χ0) is 16.3. The van der Waals surface area contributed by atoms with Crippen molar-refractivity contribution in [2.45, 2.75) is 32.7 Å². The molecule has 1 aromatic carbocycles. The molecule has 1 fully saturated rings. The third-order valence-corrected chi connectivity index (χ3v) is 4.09. The normalized spacial score (nSPS) is 14.9. The van der Waals surface area contributed by atoms with Gasteiger partial charge in [-0.25, -0.2) is 0 Å². The van der Waals surface area contributed by atoms with Crippen LogP contribution in [0.25, 0.3) is 0 Å². The number of guanidine groups is 1. The number of morpholine rings is 1. The lowest BCUT2D eigenvalue weighted by atomic mass is 10.1. The Kier molecular flexibility index (Phi) is 10.8. The van der Waals surface area contributed by atoms with Crippen molar-refractivity contribution >= 4 is 35.6 Å². The molecule has 24 heavy (non-hydrogen) atoms. The van der Waals surface area contributed by atoms with Crippen molar-refractivity contribution in [2.75, 3.05) is 44.8 Å². The molecule has 1 aromatic rings. The number of ether oxygens (including phenoxy) is 1. The van der Waals surface area contributed by atoms with E-state index in [0.717, 1.165) is 45.4 Å². The molecule has 0 saturated carbocycles. The van der Waals surface area contributed by atoms with E-state index in [-0.39, 0.29) is 24.0 Å². The van der Waals surface area contributed by atoms with Crippen molar-refractivity contribution in [2.24, 2.45) is 4.99 Å². The maximum Gasteiger partial charge on any atom is 0.191 e. The molecule has 2 N–H and O–H groups in total. The average Bonchev–Trinajstić information content (AvgIpc) is 2.62. The Hall–Kier alpha value is -1.02. The highest BCUT2D eigenvalue weighted by molar-refractivity contribution is 14.0. The average molecular weight is 446 g/mol. The molecule has 1 aliphatic rings. The summed E-state index contributed by atoms with van der Waals surface area (Å²) in [5.74, 6) is 0.873. The summed E-state index contributed by atoms with van der Waals surface area (Å²) in [6, 6.07) is 8.58. The number of benzene rings is 1. The maximum atomic E-state index is 5.45. The number of para-hydroxylation sites is 1. The van der Waals surface area contributed by atoms with Gasteiger partial charge in [0.1, 0.15) is 0 Å². The van der Waals surface area contributed by atoms with E-state index in [0.29, 0.717) is 0 Å². The van der Waals surface area contributed by atoms with Gasteiger partial charge in [-0.3, -0.25) is 4.99 Å². The summed E-state index contributed by atoms with van der Waals surface area (Å²) < 4.78 is 5.45. The minimum absolute atomic E-state index is 0. The zero-order valence-electron chi connectivity index (χ0n) is 14.9. The van der Waals surface area contributed by atoms with Gasteiger partial charge in [0.2, 0.25) is 0 Å². The lowest BCUT2D eigenvalue weighted by molar-refractivity contribution is 0.122. The second-order valence-corrected chi connectivity index (χ2v) is 5.79. The van der Waals surface area contributed by atoms with Crippen molar-refractivity contribution in [3.8, 4) is 0 Å². The molecule has 1 aliphatic heterocycles. The van der Waals surface area contributed by atoms with Gasteiger partial charge in [0.25, 0.3) is 0 Å². The monoisotopic (exact) mass is 446 g/mol. The summed E-state index contributed by atoms with van der Waals surface area (Å²) in [7, 11) is 1.82. The summed E-state index contributed by atoms with van der Waals surface area (Å²) in [6.07, 6.45) is 3.67. The topological polar surface area (TPSA) is 48.9 Å². The van der Waals surface area contributed by atoms with Crippen LogP contribution in [-0.4, -0.2) is 45.9 Å². The molecule has 0 amide bonds. The fourth-order valence-corrected chi connectivity index (χ4v) is 2.75. The summed E-state index contributed by atoms with van der Waals surface area (Å²) in [6.45, 7) is 7.50. The largest absolute Gasteiger partial charge is 0.378 e. The van der Waals surface area contributed by atoms with Crippen LogP contribution in [0.1, 0.15) is 31.7 Å². The van der Waals surface area contributed by atoms with E-state index in [9.17, 15) is 0 Å². The van der Waals surface area contributed by atoms with E-state index in [1.165, 1.54) is 30.5 Å². The van der Waals surface area contributed by atoms with Crippen LogP contribution in [0.5, 0.6) is 0 Å². The van der Waals surface area contributed by atoms with Gasteiger partial charge in [0.15, 0.2) is 5.96 Å². The Morgan fingerprint density at radius 2 is 1.92 bits per heavy atom. The minimum atomic E-state index is 0. The number of aliphatic imine (C=N–C) groups is 1. The number of nitrogens with zero attached hydrogens (tertiary/aromatic N) is 2. The number of nitrogens with one attached hydrogen (secondary N) is 2. The number of halogens is 1. The number of rotatable bonds is 7. The van der Waals surface area contributed by atoms with Gasteiger partial charge in [-0.2, -0.15) is 0 Å². The third-order valence-electron chi connectivity index (χ3n) is 4.09. The summed E-state index contributed by atoms with van der Waals surface area (Å²) >= 11 is 0. The van der Waals surface area contributed by atoms with Crippen molar-refractivity contribution in [1.29, 1.82) is 0 Å². The maximum absolute atomic E-state index is 5.45. The summed E-state index contributed by atoms with van der Waals surface area (Å²) in [5.41, 5.74) is 2.59. The van der Waals surface area contributed by atoms with Crippen LogP contribution in [0.3, 0.4) is 0 Å². The lowest BCUT2D eigenvalue weighted by Gasteiger charge is -2.30. The molecule has 0 aromatic heterocycles. The van der Waals surface area contributed by atoms with Crippen LogP contribution in [0, 0.1) is 0 Å². The van der Waals surface area contributed by atoms with Crippen LogP contribution in [0.4, 0.5) is 5.69 Å².